The first-order chi connectivity index (χ1) is 11.6. The third kappa shape index (κ3) is 4.52. The summed E-state index contributed by atoms with van der Waals surface area (Å²) in [7, 11) is -3.17. The Bertz CT molecular complexity index is 874. The molecule has 0 saturated carbocycles. The molecule has 0 aliphatic carbocycles. The summed E-state index contributed by atoms with van der Waals surface area (Å²) in [5.74, 6) is 0.119. The van der Waals surface area contributed by atoms with Crippen LogP contribution < -0.4 is 0 Å². The summed E-state index contributed by atoms with van der Waals surface area (Å²) in [6.07, 6.45) is 2.27. The molecule has 0 aliphatic rings. The van der Waals surface area contributed by atoms with Crippen LogP contribution in [-0.2, 0) is 22.0 Å². The van der Waals surface area contributed by atoms with Gasteiger partial charge in [0.1, 0.15) is 0 Å². The highest BCUT2D eigenvalue weighted by molar-refractivity contribution is 7.90. The minimum absolute atomic E-state index is 0.0189. The number of rotatable bonds is 6. The number of aryl methyl sites for hydroxylation is 1. The molecule has 4 heteroatoms. The van der Waals surface area contributed by atoms with Gasteiger partial charge in [-0.25, -0.2) is 8.42 Å². The third-order valence-corrected chi connectivity index (χ3v) is 5.41. The van der Waals surface area contributed by atoms with E-state index in [2.05, 4.69) is 4.98 Å². The first-order valence-electron chi connectivity index (χ1n) is 7.87. The van der Waals surface area contributed by atoms with Gasteiger partial charge in [0.15, 0.2) is 9.84 Å². The van der Waals surface area contributed by atoms with E-state index in [1.54, 1.807) is 12.3 Å². The molecule has 24 heavy (non-hydrogen) atoms. The summed E-state index contributed by atoms with van der Waals surface area (Å²) in [6.45, 7) is 0. The van der Waals surface area contributed by atoms with Crippen molar-refractivity contribution >= 4 is 9.84 Å². The van der Waals surface area contributed by atoms with Crippen molar-refractivity contribution in [2.75, 3.05) is 5.75 Å². The van der Waals surface area contributed by atoms with Crippen LogP contribution in [0.2, 0.25) is 0 Å². The van der Waals surface area contributed by atoms with Gasteiger partial charge < -0.3 is 0 Å². The van der Waals surface area contributed by atoms with E-state index in [1.807, 2.05) is 66.7 Å². The van der Waals surface area contributed by atoms with Crippen LogP contribution in [-0.4, -0.2) is 19.2 Å². The molecule has 2 aromatic carbocycles. The molecule has 1 heterocycles. The SMILES string of the molecule is O=S(=O)(CCc1ccccc1)Cc1ccc(-c2ccccc2)cn1. The lowest BCUT2D eigenvalue weighted by Crippen LogP contribution is -2.12. The summed E-state index contributed by atoms with van der Waals surface area (Å²) in [4.78, 5) is 4.32. The average Bonchev–Trinajstić information content (AvgIpc) is 2.62. The molecule has 0 radical (unpaired) electrons. The fraction of sp³-hybridized carbons (Fsp3) is 0.150. The average molecular weight is 337 g/mol. The van der Waals surface area contributed by atoms with Crippen LogP contribution in [0.1, 0.15) is 11.3 Å². The van der Waals surface area contributed by atoms with E-state index in [-0.39, 0.29) is 11.5 Å². The van der Waals surface area contributed by atoms with Crippen LogP contribution in [0.5, 0.6) is 0 Å². The Morgan fingerprint density at radius 2 is 1.42 bits per heavy atom. The van der Waals surface area contributed by atoms with Gasteiger partial charge in [0.25, 0.3) is 0 Å². The van der Waals surface area contributed by atoms with Gasteiger partial charge in [0, 0.05) is 11.8 Å². The van der Waals surface area contributed by atoms with Crippen molar-refractivity contribution in [2.24, 2.45) is 0 Å². The number of nitrogens with zero attached hydrogens (tertiary/aromatic N) is 1. The minimum atomic E-state index is -3.17. The highest BCUT2D eigenvalue weighted by Crippen LogP contribution is 2.18. The second kappa shape index (κ2) is 7.41. The zero-order chi connectivity index (χ0) is 16.8. The summed E-state index contributed by atoms with van der Waals surface area (Å²) in [5, 5.41) is 0. The van der Waals surface area contributed by atoms with Crippen LogP contribution in [0, 0.1) is 0 Å². The molecule has 3 rings (SSSR count). The van der Waals surface area contributed by atoms with Crippen molar-refractivity contribution in [3.05, 3.63) is 90.3 Å². The maximum atomic E-state index is 12.3. The molecule has 0 unspecified atom stereocenters. The summed E-state index contributed by atoms with van der Waals surface area (Å²) in [6, 6.07) is 23.3. The van der Waals surface area contributed by atoms with E-state index < -0.39 is 9.84 Å². The quantitative estimate of drug-likeness (QED) is 0.685. The van der Waals surface area contributed by atoms with Crippen LogP contribution >= 0.6 is 0 Å². The maximum absolute atomic E-state index is 12.3. The second-order valence-electron chi connectivity index (χ2n) is 5.73. The Morgan fingerprint density at radius 3 is 2.04 bits per heavy atom. The number of aromatic nitrogens is 1. The zero-order valence-corrected chi connectivity index (χ0v) is 14.1. The molecule has 3 nitrogen and oxygen atoms in total. The van der Waals surface area contributed by atoms with E-state index in [4.69, 9.17) is 0 Å². The molecule has 3 aromatic rings. The number of hydrogen-bond donors (Lipinski definition) is 0. The molecule has 0 saturated heterocycles. The monoisotopic (exact) mass is 337 g/mol. The summed E-state index contributed by atoms with van der Waals surface area (Å²) in [5.41, 5.74) is 3.68. The Hall–Kier alpha value is -2.46. The molecule has 0 N–H and O–H groups in total. The predicted molar refractivity (Wildman–Crippen MR) is 97.3 cm³/mol. The molecular formula is C20H19NO2S. The van der Waals surface area contributed by atoms with E-state index >= 15 is 0 Å². The molecule has 0 spiro atoms. The minimum Gasteiger partial charge on any atom is -0.260 e. The molecular weight excluding hydrogens is 318 g/mol. The van der Waals surface area contributed by atoms with Crippen molar-refractivity contribution in [1.29, 1.82) is 0 Å². The second-order valence-corrected chi connectivity index (χ2v) is 7.92. The smallest absolute Gasteiger partial charge is 0.156 e. The van der Waals surface area contributed by atoms with E-state index in [0.29, 0.717) is 12.1 Å². The molecule has 1 aromatic heterocycles. The normalized spacial score (nSPS) is 11.3. The van der Waals surface area contributed by atoms with Crippen molar-refractivity contribution in [3.8, 4) is 11.1 Å². The van der Waals surface area contributed by atoms with Gasteiger partial charge in [0.05, 0.1) is 17.2 Å². The van der Waals surface area contributed by atoms with Gasteiger partial charge in [-0.3, -0.25) is 4.98 Å². The van der Waals surface area contributed by atoms with Gasteiger partial charge >= 0.3 is 0 Å². The summed E-state index contributed by atoms with van der Waals surface area (Å²) >= 11 is 0. The Balaban J connectivity index is 1.64. The van der Waals surface area contributed by atoms with Gasteiger partial charge in [-0.15, -0.1) is 0 Å². The van der Waals surface area contributed by atoms with Gasteiger partial charge in [0.2, 0.25) is 0 Å². The fourth-order valence-electron chi connectivity index (χ4n) is 2.53. The summed E-state index contributed by atoms with van der Waals surface area (Å²) < 4.78 is 24.6. The van der Waals surface area contributed by atoms with E-state index in [1.165, 1.54) is 0 Å². The first kappa shape index (κ1) is 16.4. The lowest BCUT2D eigenvalue weighted by atomic mass is 10.1. The van der Waals surface area contributed by atoms with Crippen molar-refractivity contribution in [3.63, 3.8) is 0 Å². The van der Waals surface area contributed by atoms with E-state index in [0.717, 1.165) is 16.7 Å². The van der Waals surface area contributed by atoms with Crippen molar-refractivity contribution in [1.82, 2.24) is 4.98 Å². The number of pyridine rings is 1. The Morgan fingerprint density at radius 1 is 0.750 bits per heavy atom. The van der Waals surface area contributed by atoms with Gasteiger partial charge in [-0.05, 0) is 23.6 Å². The molecule has 0 atom stereocenters. The van der Waals surface area contributed by atoms with Crippen LogP contribution in [0.25, 0.3) is 11.1 Å². The zero-order valence-electron chi connectivity index (χ0n) is 13.3. The van der Waals surface area contributed by atoms with E-state index in [9.17, 15) is 8.42 Å². The van der Waals surface area contributed by atoms with Gasteiger partial charge in [-0.1, -0.05) is 66.7 Å². The highest BCUT2D eigenvalue weighted by Gasteiger charge is 2.13. The van der Waals surface area contributed by atoms with Crippen molar-refractivity contribution in [2.45, 2.75) is 12.2 Å². The van der Waals surface area contributed by atoms with Crippen molar-refractivity contribution < 1.29 is 8.42 Å². The molecule has 0 aliphatic heterocycles. The maximum Gasteiger partial charge on any atom is 0.156 e. The standard InChI is InChI=1S/C20H19NO2S/c22-24(23,14-13-17-7-3-1-4-8-17)16-20-12-11-19(15-21-20)18-9-5-2-6-10-18/h1-12,15H,13-14,16H2. The van der Waals surface area contributed by atoms with Crippen LogP contribution in [0.3, 0.4) is 0 Å². The predicted octanol–water partition coefficient (Wildman–Crippen LogP) is 3.91. The lowest BCUT2D eigenvalue weighted by molar-refractivity contribution is 0.594. The fourth-order valence-corrected chi connectivity index (χ4v) is 3.84. The topological polar surface area (TPSA) is 47.0 Å². The Kier molecular flexibility index (Phi) is 5.06. The third-order valence-electron chi connectivity index (χ3n) is 3.84. The number of sulfone groups is 1. The Labute approximate surface area is 142 Å². The van der Waals surface area contributed by atoms with Gasteiger partial charge in [-0.2, -0.15) is 0 Å². The first-order valence-corrected chi connectivity index (χ1v) is 9.69. The largest absolute Gasteiger partial charge is 0.260 e. The van der Waals surface area contributed by atoms with Crippen LogP contribution in [0.4, 0.5) is 0 Å². The molecule has 0 amide bonds. The number of hydrogen-bond acceptors (Lipinski definition) is 3. The molecule has 0 fully saturated rings. The highest BCUT2D eigenvalue weighted by atomic mass is 32.2. The molecule has 122 valence electrons. The number of benzene rings is 2. The van der Waals surface area contributed by atoms with Crippen LogP contribution in [0.15, 0.2) is 79.0 Å². The molecule has 0 bridgehead atoms. The lowest BCUT2D eigenvalue weighted by Gasteiger charge is -2.06.